The van der Waals surface area contributed by atoms with E-state index in [9.17, 15) is 4.79 Å². The number of aromatic nitrogens is 2. The van der Waals surface area contributed by atoms with E-state index in [0.29, 0.717) is 6.61 Å². The molecule has 0 aliphatic rings. The summed E-state index contributed by atoms with van der Waals surface area (Å²) in [7, 11) is 1.82. The molecule has 0 fully saturated rings. The fraction of sp³-hybridized carbons (Fsp3) is 0.333. The lowest BCUT2D eigenvalue weighted by molar-refractivity contribution is -0.137. The summed E-state index contributed by atoms with van der Waals surface area (Å²) in [6.07, 6.45) is 6.55. The first-order chi connectivity index (χ1) is 6.22. The molecule has 0 aliphatic heterocycles. The van der Waals surface area contributed by atoms with Crippen LogP contribution in [0, 0.1) is 0 Å². The third-order valence-electron chi connectivity index (χ3n) is 1.42. The normalized spacial score (nSPS) is 10.6. The molecule has 0 spiro atoms. The second kappa shape index (κ2) is 4.45. The Hall–Kier alpha value is -1.58. The van der Waals surface area contributed by atoms with Gasteiger partial charge in [-0.3, -0.25) is 4.68 Å². The molecular weight excluding hydrogens is 168 g/mol. The molecule has 1 heterocycles. The van der Waals surface area contributed by atoms with E-state index in [1.165, 1.54) is 6.08 Å². The first kappa shape index (κ1) is 9.51. The second-order valence-corrected chi connectivity index (χ2v) is 2.53. The van der Waals surface area contributed by atoms with E-state index >= 15 is 0 Å². The van der Waals surface area contributed by atoms with E-state index < -0.39 is 0 Å². The summed E-state index contributed by atoms with van der Waals surface area (Å²) in [5, 5.41) is 3.95. The summed E-state index contributed by atoms with van der Waals surface area (Å²) in [6, 6.07) is 0. The highest BCUT2D eigenvalue weighted by atomic mass is 16.5. The van der Waals surface area contributed by atoms with Crippen LogP contribution in [0.5, 0.6) is 0 Å². The zero-order valence-corrected chi connectivity index (χ0v) is 7.73. The maximum absolute atomic E-state index is 10.9. The largest absolute Gasteiger partial charge is 0.463 e. The summed E-state index contributed by atoms with van der Waals surface area (Å²) in [5.41, 5.74) is 0.885. The monoisotopic (exact) mass is 180 g/mol. The Kier molecular flexibility index (Phi) is 3.25. The zero-order valence-electron chi connectivity index (χ0n) is 7.73. The minimum atomic E-state index is -0.327. The van der Waals surface area contributed by atoms with Crippen molar-refractivity contribution in [2.45, 2.75) is 6.92 Å². The Labute approximate surface area is 76.8 Å². The van der Waals surface area contributed by atoms with Crippen molar-refractivity contribution in [3.63, 3.8) is 0 Å². The van der Waals surface area contributed by atoms with Crippen molar-refractivity contribution in [1.29, 1.82) is 0 Å². The number of carbonyl (C=O) groups excluding carboxylic acids is 1. The van der Waals surface area contributed by atoms with Crippen molar-refractivity contribution in [1.82, 2.24) is 9.78 Å². The number of hydrogen-bond donors (Lipinski definition) is 0. The Morgan fingerprint density at radius 3 is 3.08 bits per heavy atom. The number of rotatable bonds is 3. The predicted molar refractivity (Wildman–Crippen MR) is 48.9 cm³/mol. The van der Waals surface area contributed by atoms with Gasteiger partial charge in [-0.05, 0) is 13.0 Å². The lowest BCUT2D eigenvalue weighted by Gasteiger charge is -1.92. The number of nitrogens with zero attached hydrogens (tertiary/aromatic N) is 2. The van der Waals surface area contributed by atoms with Gasteiger partial charge in [0.05, 0.1) is 12.8 Å². The number of hydrogen-bond acceptors (Lipinski definition) is 3. The summed E-state index contributed by atoms with van der Waals surface area (Å²) in [4.78, 5) is 10.9. The van der Waals surface area contributed by atoms with Crippen LogP contribution in [0.2, 0.25) is 0 Å². The molecule has 0 N–H and O–H groups in total. The van der Waals surface area contributed by atoms with E-state index in [4.69, 9.17) is 4.74 Å². The number of ether oxygens (including phenoxy) is 1. The number of aryl methyl sites for hydroxylation is 1. The minimum Gasteiger partial charge on any atom is -0.463 e. The topological polar surface area (TPSA) is 44.1 Å². The molecule has 4 heteroatoms. The lowest BCUT2D eigenvalue weighted by atomic mass is 10.3. The summed E-state index contributed by atoms with van der Waals surface area (Å²) >= 11 is 0. The second-order valence-electron chi connectivity index (χ2n) is 2.53. The van der Waals surface area contributed by atoms with E-state index in [-0.39, 0.29) is 5.97 Å². The van der Waals surface area contributed by atoms with Gasteiger partial charge in [-0.25, -0.2) is 4.79 Å². The smallest absolute Gasteiger partial charge is 0.330 e. The minimum absolute atomic E-state index is 0.327. The molecule has 4 nitrogen and oxygen atoms in total. The van der Waals surface area contributed by atoms with E-state index in [2.05, 4.69) is 5.10 Å². The standard InChI is InChI=1S/C9H12N2O2/c1-3-13-9(12)5-4-8-6-10-11(2)7-8/h4-7H,3H2,1-2H3. The van der Waals surface area contributed by atoms with Crippen molar-refractivity contribution in [2.24, 2.45) is 7.05 Å². The Balaban J connectivity index is 2.53. The van der Waals surface area contributed by atoms with Gasteiger partial charge in [0.1, 0.15) is 0 Å². The van der Waals surface area contributed by atoms with E-state index in [1.54, 1.807) is 23.9 Å². The molecule has 0 atom stereocenters. The average Bonchev–Trinajstić information content (AvgIpc) is 2.49. The average molecular weight is 180 g/mol. The number of esters is 1. The van der Waals surface area contributed by atoms with Crippen LogP contribution in [0.1, 0.15) is 12.5 Å². The summed E-state index contributed by atoms with van der Waals surface area (Å²) in [6.45, 7) is 2.17. The Morgan fingerprint density at radius 2 is 2.54 bits per heavy atom. The molecular formula is C9H12N2O2. The van der Waals surface area contributed by atoms with Gasteiger partial charge in [-0.2, -0.15) is 5.10 Å². The van der Waals surface area contributed by atoms with Crippen LogP contribution in [-0.4, -0.2) is 22.4 Å². The maximum atomic E-state index is 10.9. The van der Waals surface area contributed by atoms with Crippen LogP contribution in [-0.2, 0) is 16.6 Å². The van der Waals surface area contributed by atoms with Crippen LogP contribution in [0.3, 0.4) is 0 Å². The maximum Gasteiger partial charge on any atom is 0.330 e. The number of carbonyl (C=O) groups is 1. The molecule has 0 amide bonds. The van der Waals surface area contributed by atoms with Gasteiger partial charge >= 0.3 is 5.97 Å². The first-order valence-electron chi connectivity index (χ1n) is 4.06. The van der Waals surface area contributed by atoms with E-state index in [0.717, 1.165) is 5.56 Å². The van der Waals surface area contributed by atoms with Gasteiger partial charge in [0.25, 0.3) is 0 Å². The zero-order chi connectivity index (χ0) is 9.68. The third-order valence-corrected chi connectivity index (χ3v) is 1.42. The molecule has 70 valence electrons. The van der Waals surface area contributed by atoms with Crippen LogP contribution < -0.4 is 0 Å². The highest BCUT2D eigenvalue weighted by Crippen LogP contribution is 1.99. The Morgan fingerprint density at radius 1 is 1.77 bits per heavy atom. The SMILES string of the molecule is CCOC(=O)C=Cc1cnn(C)c1. The van der Waals surface area contributed by atoms with Crippen molar-refractivity contribution in [3.8, 4) is 0 Å². The fourth-order valence-corrected chi connectivity index (χ4v) is 0.881. The molecule has 0 saturated heterocycles. The molecule has 0 aromatic carbocycles. The molecule has 0 unspecified atom stereocenters. The molecule has 0 bridgehead atoms. The van der Waals surface area contributed by atoms with Gasteiger partial charge in [0, 0.05) is 24.9 Å². The van der Waals surface area contributed by atoms with Gasteiger partial charge in [0.2, 0.25) is 0 Å². The Bertz CT molecular complexity index is 315. The summed E-state index contributed by atoms with van der Waals surface area (Å²) < 4.78 is 6.39. The third kappa shape index (κ3) is 3.11. The molecule has 1 aromatic heterocycles. The van der Waals surface area contributed by atoms with Gasteiger partial charge in [0.15, 0.2) is 0 Å². The van der Waals surface area contributed by atoms with Crippen molar-refractivity contribution < 1.29 is 9.53 Å². The van der Waals surface area contributed by atoms with E-state index in [1.807, 2.05) is 13.2 Å². The van der Waals surface area contributed by atoms with Gasteiger partial charge in [-0.15, -0.1) is 0 Å². The fourth-order valence-electron chi connectivity index (χ4n) is 0.881. The highest BCUT2D eigenvalue weighted by molar-refractivity contribution is 5.86. The van der Waals surface area contributed by atoms with Crippen molar-refractivity contribution in [2.75, 3.05) is 6.61 Å². The van der Waals surface area contributed by atoms with Crippen LogP contribution in [0.15, 0.2) is 18.5 Å². The van der Waals surface area contributed by atoms with Crippen molar-refractivity contribution >= 4 is 12.0 Å². The highest BCUT2D eigenvalue weighted by Gasteiger charge is 1.94. The molecule has 0 radical (unpaired) electrons. The molecule has 0 saturated carbocycles. The van der Waals surface area contributed by atoms with Gasteiger partial charge < -0.3 is 4.74 Å². The molecule has 1 rings (SSSR count). The van der Waals surface area contributed by atoms with Gasteiger partial charge in [-0.1, -0.05) is 0 Å². The summed E-state index contributed by atoms with van der Waals surface area (Å²) in [5.74, 6) is -0.327. The quantitative estimate of drug-likeness (QED) is 0.514. The molecule has 13 heavy (non-hydrogen) atoms. The van der Waals surface area contributed by atoms with Crippen LogP contribution in [0.25, 0.3) is 6.08 Å². The molecule has 1 aromatic rings. The van der Waals surface area contributed by atoms with Crippen molar-refractivity contribution in [3.05, 3.63) is 24.0 Å². The predicted octanol–water partition coefficient (Wildman–Crippen LogP) is 0.996. The van der Waals surface area contributed by atoms with Crippen LogP contribution >= 0.6 is 0 Å². The molecule has 0 aliphatic carbocycles. The lowest BCUT2D eigenvalue weighted by Crippen LogP contribution is -1.98. The van der Waals surface area contributed by atoms with Crippen LogP contribution in [0.4, 0.5) is 0 Å². The first-order valence-corrected chi connectivity index (χ1v) is 4.06.